The minimum atomic E-state index is 0.482. The molecule has 0 aromatic carbocycles. The summed E-state index contributed by atoms with van der Waals surface area (Å²) in [4.78, 5) is 4.16. The molecule has 2 aromatic heterocycles. The number of aryl methyl sites for hydroxylation is 2. The van der Waals surface area contributed by atoms with E-state index in [2.05, 4.69) is 17.0 Å². The molecular weight excluding hydrogens is 236 g/mol. The van der Waals surface area contributed by atoms with Gasteiger partial charge in [0.15, 0.2) is 0 Å². The number of halogens is 1. The number of nitrogen functional groups attached to an aromatic ring is 1. The molecular formula is C12H15ClN4. The highest BCUT2D eigenvalue weighted by molar-refractivity contribution is 6.33. The standard InChI is InChI=1S/C12H15ClN4/c1-3-4-17-11(10(13)7-16-17)9-5-8(2)6-15-12(9)14/h5-7H,3-4H2,1-2H3,(H2,14,15). The fourth-order valence-corrected chi connectivity index (χ4v) is 2.02. The molecule has 2 heterocycles. The maximum Gasteiger partial charge on any atom is 0.132 e. The average molecular weight is 251 g/mol. The number of pyridine rings is 1. The van der Waals surface area contributed by atoms with E-state index in [9.17, 15) is 0 Å². The lowest BCUT2D eigenvalue weighted by atomic mass is 10.1. The summed E-state index contributed by atoms with van der Waals surface area (Å²) in [6.45, 7) is 4.89. The van der Waals surface area contributed by atoms with E-state index >= 15 is 0 Å². The SMILES string of the molecule is CCCn1ncc(Cl)c1-c1cc(C)cnc1N. The van der Waals surface area contributed by atoms with Crippen molar-refractivity contribution >= 4 is 17.4 Å². The van der Waals surface area contributed by atoms with E-state index in [1.54, 1.807) is 12.4 Å². The Balaban J connectivity index is 2.58. The van der Waals surface area contributed by atoms with E-state index in [0.29, 0.717) is 10.8 Å². The normalized spacial score (nSPS) is 10.8. The molecule has 0 amide bonds. The van der Waals surface area contributed by atoms with Gasteiger partial charge in [-0.1, -0.05) is 18.5 Å². The van der Waals surface area contributed by atoms with Gasteiger partial charge in [0.1, 0.15) is 5.82 Å². The number of anilines is 1. The highest BCUT2D eigenvalue weighted by Gasteiger charge is 2.14. The lowest BCUT2D eigenvalue weighted by molar-refractivity contribution is 0.609. The number of nitrogens with zero attached hydrogens (tertiary/aromatic N) is 3. The number of aromatic nitrogens is 3. The average Bonchev–Trinajstić information content (AvgIpc) is 2.64. The first kappa shape index (κ1) is 11.9. The number of nitrogens with two attached hydrogens (primary N) is 1. The third kappa shape index (κ3) is 2.26. The molecule has 0 unspecified atom stereocenters. The van der Waals surface area contributed by atoms with Crippen LogP contribution in [0.25, 0.3) is 11.3 Å². The molecule has 4 nitrogen and oxygen atoms in total. The maximum absolute atomic E-state index is 6.17. The van der Waals surface area contributed by atoms with Crippen LogP contribution in [-0.4, -0.2) is 14.8 Å². The lowest BCUT2D eigenvalue weighted by Crippen LogP contribution is -2.04. The maximum atomic E-state index is 6.17. The van der Waals surface area contributed by atoms with E-state index in [0.717, 1.165) is 29.8 Å². The summed E-state index contributed by atoms with van der Waals surface area (Å²) in [5.41, 5.74) is 8.65. The predicted octanol–water partition coefficient (Wildman–Crippen LogP) is 2.90. The van der Waals surface area contributed by atoms with Gasteiger partial charge in [-0.05, 0) is 25.0 Å². The van der Waals surface area contributed by atoms with Gasteiger partial charge in [0.2, 0.25) is 0 Å². The van der Waals surface area contributed by atoms with Crippen molar-refractivity contribution in [2.24, 2.45) is 0 Å². The van der Waals surface area contributed by atoms with E-state index in [1.807, 2.05) is 17.7 Å². The zero-order valence-corrected chi connectivity index (χ0v) is 10.7. The first-order valence-corrected chi connectivity index (χ1v) is 5.95. The van der Waals surface area contributed by atoms with Crippen LogP contribution in [0, 0.1) is 6.92 Å². The smallest absolute Gasteiger partial charge is 0.132 e. The van der Waals surface area contributed by atoms with Gasteiger partial charge < -0.3 is 5.73 Å². The van der Waals surface area contributed by atoms with Crippen molar-refractivity contribution < 1.29 is 0 Å². The molecule has 0 spiro atoms. The summed E-state index contributed by atoms with van der Waals surface area (Å²) in [6, 6.07) is 1.98. The Labute approximate surface area is 105 Å². The molecule has 2 aromatic rings. The molecule has 5 heteroatoms. The quantitative estimate of drug-likeness (QED) is 0.911. The fourth-order valence-electron chi connectivity index (χ4n) is 1.78. The van der Waals surface area contributed by atoms with Crippen molar-refractivity contribution in [3.05, 3.63) is 29.0 Å². The highest BCUT2D eigenvalue weighted by Crippen LogP contribution is 2.31. The van der Waals surface area contributed by atoms with E-state index < -0.39 is 0 Å². The van der Waals surface area contributed by atoms with Crippen molar-refractivity contribution in [3.8, 4) is 11.3 Å². The van der Waals surface area contributed by atoms with Gasteiger partial charge in [0, 0.05) is 18.3 Å². The van der Waals surface area contributed by atoms with Gasteiger partial charge in [-0.15, -0.1) is 0 Å². The summed E-state index contributed by atoms with van der Waals surface area (Å²) in [7, 11) is 0. The third-order valence-corrected chi connectivity index (χ3v) is 2.82. The largest absolute Gasteiger partial charge is 0.383 e. The van der Waals surface area contributed by atoms with Crippen molar-refractivity contribution in [2.75, 3.05) is 5.73 Å². The molecule has 0 aliphatic heterocycles. The van der Waals surface area contributed by atoms with E-state index in [4.69, 9.17) is 17.3 Å². The van der Waals surface area contributed by atoms with E-state index in [-0.39, 0.29) is 0 Å². The Morgan fingerprint density at radius 3 is 2.88 bits per heavy atom. The van der Waals surface area contributed by atoms with Gasteiger partial charge in [-0.2, -0.15) is 5.10 Å². The monoisotopic (exact) mass is 250 g/mol. The van der Waals surface area contributed by atoms with Gasteiger partial charge in [-0.25, -0.2) is 4.98 Å². The number of rotatable bonds is 3. The molecule has 0 aliphatic rings. The second-order valence-electron chi connectivity index (χ2n) is 4.01. The summed E-state index contributed by atoms with van der Waals surface area (Å²) >= 11 is 6.17. The van der Waals surface area contributed by atoms with Crippen LogP contribution in [0.15, 0.2) is 18.5 Å². The van der Waals surface area contributed by atoms with Gasteiger partial charge >= 0.3 is 0 Å². The fraction of sp³-hybridized carbons (Fsp3) is 0.333. The Bertz CT molecular complexity index is 533. The van der Waals surface area contributed by atoms with Gasteiger partial charge in [0.25, 0.3) is 0 Å². The second-order valence-corrected chi connectivity index (χ2v) is 4.42. The van der Waals surface area contributed by atoms with Crippen LogP contribution >= 0.6 is 11.6 Å². The first-order chi connectivity index (χ1) is 8.13. The van der Waals surface area contributed by atoms with Crippen LogP contribution < -0.4 is 5.73 Å². The zero-order chi connectivity index (χ0) is 12.4. The molecule has 2 rings (SSSR count). The predicted molar refractivity (Wildman–Crippen MR) is 69.9 cm³/mol. The van der Waals surface area contributed by atoms with Crippen molar-refractivity contribution in [3.63, 3.8) is 0 Å². The second kappa shape index (κ2) is 4.75. The van der Waals surface area contributed by atoms with Crippen molar-refractivity contribution in [1.82, 2.24) is 14.8 Å². The Hall–Kier alpha value is -1.55. The van der Waals surface area contributed by atoms with Crippen molar-refractivity contribution in [2.45, 2.75) is 26.8 Å². The zero-order valence-electron chi connectivity index (χ0n) is 9.94. The number of hydrogen-bond donors (Lipinski definition) is 1. The topological polar surface area (TPSA) is 56.7 Å². The minimum Gasteiger partial charge on any atom is -0.383 e. The Morgan fingerprint density at radius 2 is 2.18 bits per heavy atom. The van der Waals surface area contributed by atoms with Crippen LogP contribution in [0.1, 0.15) is 18.9 Å². The summed E-state index contributed by atoms with van der Waals surface area (Å²) in [5, 5.41) is 4.86. The molecule has 90 valence electrons. The highest BCUT2D eigenvalue weighted by atomic mass is 35.5. The van der Waals surface area contributed by atoms with Gasteiger partial charge in [0.05, 0.1) is 16.9 Å². The van der Waals surface area contributed by atoms with E-state index in [1.165, 1.54) is 0 Å². The van der Waals surface area contributed by atoms with Crippen LogP contribution in [0.5, 0.6) is 0 Å². The molecule has 0 saturated heterocycles. The minimum absolute atomic E-state index is 0.482. The van der Waals surface area contributed by atoms with Crippen LogP contribution in [0.3, 0.4) is 0 Å². The first-order valence-electron chi connectivity index (χ1n) is 5.57. The van der Waals surface area contributed by atoms with Crippen molar-refractivity contribution in [1.29, 1.82) is 0 Å². The molecule has 0 bridgehead atoms. The summed E-state index contributed by atoms with van der Waals surface area (Å²) < 4.78 is 1.87. The van der Waals surface area contributed by atoms with Gasteiger partial charge in [-0.3, -0.25) is 4.68 Å². The molecule has 0 saturated carbocycles. The van der Waals surface area contributed by atoms with Crippen LogP contribution in [0.4, 0.5) is 5.82 Å². The number of hydrogen-bond acceptors (Lipinski definition) is 3. The Morgan fingerprint density at radius 1 is 1.41 bits per heavy atom. The molecule has 0 atom stereocenters. The molecule has 0 radical (unpaired) electrons. The molecule has 17 heavy (non-hydrogen) atoms. The molecule has 0 fully saturated rings. The summed E-state index contributed by atoms with van der Waals surface area (Å²) in [5.74, 6) is 0.482. The Kier molecular flexibility index (Phi) is 3.33. The molecule has 2 N–H and O–H groups in total. The third-order valence-electron chi connectivity index (χ3n) is 2.54. The molecule has 0 aliphatic carbocycles. The lowest BCUT2D eigenvalue weighted by Gasteiger charge is -2.09. The summed E-state index contributed by atoms with van der Waals surface area (Å²) in [6.07, 6.45) is 4.38. The van der Waals surface area contributed by atoms with Crippen LogP contribution in [0.2, 0.25) is 5.02 Å². The van der Waals surface area contributed by atoms with Crippen LogP contribution in [-0.2, 0) is 6.54 Å².